The van der Waals surface area contributed by atoms with Crippen molar-refractivity contribution in [2.75, 3.05) is 6.61 Å². The van der Waals surface area contributed by atoms with Crippen molar-refractivity contribution >= 4 is 30.4 Å². The van der Waals surface area contributed by atoms with Gasteiger partial charge in [-0.05, 0) is 67.3 Å². The highest BCUT2D eigenvalue weighted by Crippen LogP contribution is 2.21. The fraction of sp³-hybridized carbons (Fsp3) is 0.533. The molecule has 0 aliphatic heterocycles. The number of halogens is 1. The van der Waals surface area contributed by atoms with Gasteiger partial charge in [0.1, 0.15) is 24.6 Å². The molecule has 2 rings (SSSR count). The zero-order chi connectivity index (χ0) is 30.4. The number of carbonyl (C=O) groups is 2. The van der Waals surface area contributed by atoms with Gasteiger partial charge >= 0.3 is 11.9 Å². The van der Waals surface area contributed by atoms with Crippen LogP contribution in [0.3, 0.4) is 0 Å². The number of hydrogen-bond acceptors (Lipinski definition) is 5. The average molecular weight is 551 g/mol. The summed E-state index contributed by atoms with van der Waals surface area (Å²) in [5.41, 5.74) is 0.164. The normalized spacial score (nSPS) is 12.8. The molecule has 0 aromatic heterocycles. The Bertz CT molecular complexity index is 1110. The first kappa shape index (κ1) is 25.0. The van der Waals surface area contributed by atoms with Crippen molar-refractivity contribution in [1.29, 1.82) is 0 Å². The maximum absolute atomic E-state index is 12.6. The SMILES string of the molecule is [2H]c1c([2H])c(OC(=O)c2ccc(OCCCC)cc2)c([2H])c([2H])c1OC(=O)CCCCCCCCCC[Si](C)(C)Cl. The molecule has 0 atom stereocenters. The third-order valence-electron chi connectivity index (χ3n) is 5.75. The molecule has 0 bridgehead atoms. The van der Waals surface area contributed by atoms with E-state index in [2.05, 4.69) is 20.0 Å². The quantitative estimate of drug-likeness (QED) is 0.0609. The van der Waals surface area contributed by atoms with Crippen molar-refractivity contribution in [3.05, 3.63) is 54.0 Å². The molecule has 0 saturated carbocycles. The molecule has 0 N–H and O–H groups in total. The van der Waals surface area contributed by atoms with Crippen molar-refractivity contribution in [3.63, 3.8) is 0 Å². The van der Waals surface area contributed by atoms with E-state index in [0.717, 1.165) is 44.6 Å². The van der Waals surface area contributed by atoms with E-state index in [1.54, 1.807) is 12.1 Å². The molecule has 7 heteroatoms. The second-order valence-electron chi connectivity index (χ2n) is 9.80. The molecule has 37 heavy (non-hydrogen) atoms. The summed E-state index contributed by atoms with van der Waals surface area (Å²) in [6, 6.07) is 5.04. The van der Waals surface area contributed by atoms with E-state index in [4.69, 9.17) is 30.8 Å². The van der Waals surface area contributed by atoms with Crippen LogP contribution in [0.15, 0.2) is 48.4 Å². The largest absolute Gasteiger partial charge is 0.494 e. The average Bonchev–Trinajstić information content (AvgIpc) is 2.93. The van der Waals surface area contributed by atoms with Gasteiger partial charge in [-0.15, -0.1) is 0 Å². The van der Waals surface area contributed by atoms with Crippen LogP contribution in [0.25, 0.3) is 0 Å². The van der Waals surface area contributed by atoms with Gasteiger partial charge in [0.05, 0.1) is 17.7 Å². The van der Waals surface area contributed by atoms with Crippen molar-refractivity contribution in [1.82, 2.24) is 0 Å². The zero-order valence-corrected chi connectivity index (χ0v) is 24.2. The van der Waals surface area contributed by atoms with E-state index in [1.807, 2.05) is 0 Å². The highest BCUT2D eigenvalue weighted by Gasteiger charge is 2.15. The van der Waals surface area contributed by atoms with Crippen LogP contribution < -0.4 is 14.2 Å². The van der Waals surface area contributed by atoms with Gasteiger partial charge in [-0.2, -0.15) is 11.1 Å². The Morgan fingerprint density at radius 3 is 1.89 bits per heavy atom. The van der Waals surface area contributed by atoms with Gasteiger partial charge in [-0.3, -0.25) is 4.79 Å². The van der Waals surface area contributed by atoms with Gasteiger partial charge in [0, 0.05) is 6.42 Å². The number of rotatable bonds is 18. The molecule has 2 aromatic rings. The van der Waals surface area contributed by atoms with Gasteiger partial charge in [-0.1, -0.05) is 71.4 Å². The predicted octanol–water partition coefficient (Wildman–Crippen LogP) is 8.94. The summed E-state index contributed by atoms with van der Waals surface area (Å²) in [6.07, 6.45) is 10.4. The highest BCUT2D eigenvalue weighted by molar-refractivity contribution is 7.19. The maximum Gasteiger partial charge on any atom is 0.343 e. The van der Waals surface area contributed by atoms with Crippen LogP contribution in [0.4, 0.5) is 0 Å². The summed E-state index contributed by atoms with van der Waals surface area (Å²) >= 11 is 6.34. The van der Waals surface area contributed by atoms with Crippen LogP contribution in [0.2, 0.25) is 19.1 Å². The molecule has 0 saturated heterocycles. The Morgan fingerprint density at radius 2 is 1.32 bits per heavy atom. The maximum atomic E-state index is 12.6. The van der Waals surface area contributed by atoms with Crippen LogP contribution in [0.1, 0.15) is 93.4 Å². The number of ether oxygens (including phenoxy) is 3. The lowest BCUT2D eigenvalue weighted by molar-refractivity contribution is -0.134. The Kier molecular flexibility index (Phi) is 11.6. The van der Waals surface area contributed by atoms with Gasteiger partial charge in [0.15, 0.2) is 0 Å². The van der Waals surface area contributed by atoms with Gasteiger partial charge in [0.25, 0.3) is 0 Å². The molecule has 5 nitrogen and oxygen atoms in total. The molecule has 0 aliphatic carbocycles. The molecular weight excluding hydrogens is 504 g/mol. The zero-order valence-electron chi connectivity index (χ0n) is 26.4. The number of unbranched alkanes of at least 4 members (excludes halogenated alkanes) is 8. The Morgan fingerprint density at radius 1 is 0.784 bits per heavy atom. The van der Waals surface area contributed by atoms with Crippen LogP contribution in [-0.2, 0) is 4.79 Å². The van der Waals surface area contributed by atoms with Gasteiger partial charge in [-0.25, -0.2) is 4.79 Å². The summed E-state index contributed by atoms with van der Waals surface area (Å²) in [6.45, 7) is 6.97. The van der Waals surface area contributed by atoms with Crippen molar-refractivity contribution in [3.8, 4) is 17.2 Å². The fourth-order valence-corrected chi connectivity index (χ4v) is 5.10. The molecule has 0 unspecified atom stereocenters. The highest BCUT2D eigenvalue weighted by atomic mass is 35.6. The second-order valence-corrected chi connectivity index (χ2v) is 16.8. The van der Waals surface area contributed by atoms with Crippen molar-refractivity contribution < 1.29 is 29.3 Å². The lowest BCUT2D eigenvalue weighted by atomic mass is 10.1. The van der Waals surface area contributed by atoms with Gasteiger partial charge in [0.2, 0.25) is 0 Å². The summed E-state index contributed by atoms with van der Waals surface area (Å²) in [4.78, 5) is 25.0. The lowest BCUT2D eigenvalue weighted by Crippen LogP contribution is -2.14. The second kappa shape index (κ2) is 17.2. The van der Waals surface area contributed by atoms with E-state index >= 15 is 0 Å². The minimum absolute atomic E-state index is 0.115. The van der Waals surface area contributed by atoms with Crippen molar-refractivity contribution in [2.45, 2.75) is 96.7 Å². The first-order chi connectivity index (χ1) is 19.4. The van der Waals surface area contributed by atoms with E-state index in [0.29, 0.717) is 18.8 Å². The molecule has 204 valence electrons. The van der Waals surface area contributed by atoms with Crippen molar-refractivity contribution in [2.24, 2.45) is 0 Å². The molecular formula is C30H43ClO5Si. The summed E-state index contributed by atoms with van der Waals surface area (Å²) in [5, 5.41) is 0. The number of hydrogen-bond donors (Lipinski definition) is 0. The smallest absolute Gasteiger partial charge is 0.343 e. The van der Waals surface area contributed by atoms with E-state index in [1.165, 1.54) is 31.4 Å². The summed E-state index contributed by atoms with van der Waals surface area (Å²) in [5.74, 6) is -1.85. The third-order valence-corrected chi connectivity index (χ3v) is 7.86. The molecule has 0 amide bonds. The molecule has 0 radical (unpaired) electrons. The molecule has 0 aliphatic rings. The van der Waals surface area contributed by atoms with E-state index < -0.39 is 55.0 Å². The van der Waals surface area contributed by atoms with Crippen LogP contribution in [-0.4, -0.2) is 25.9 Å². The third kappa shape index (κ3) is 14.3. The van der Waals surface area contributed by atoms with Crippen LogP contribution >= 0.6 is 11.1 Å². The molecule has 0 fully saturated rings. The Labute approximate surface area is 234 Å². The number of carbonyl (C=O) groups excluding carboxylic acids is 2. The number of esters is 2. The molecule has 2 aromatic carbocycles. The molecule has 0 spiro atoms. The first-order valence-corrected chi connectivity index (χ1v) is 17.6. The Hall–Kier alpha value is -2.31. The fourth-order valence-electron chi connectivity index (χ4n) is 3.61. The number of benzene rings is 2. The topological polar surface area (TPSA) is 61.8 Å². The summed E-state index contributed by atoms with van der Waals surface area (Å²) < 4.78 is 48.9. The first-order valence-electron chi connectivity index (χ1n) is 15.4. The standard InChI is InChI=1S/C30H43ClO5Si/c1-4-5-23-34-26-17-15-25(16-18-26)30(33)36-28-21-19-27(20-22-28)35-29(32)14-12-10-8-6-7-9-11-13-24-37(2,3)31/h15-22H,4-14,23-24H2,1-3H3/i19D,20D,21D,22D. The molecule has 0 heterocycles. The van der Waals surface area contributed by atoms with Crippen LogP contribution in [0, 0.1) is 0 Å². The summed E-state index contributed by atoms with van der Waals surface area (Å²) in [7, 11) is -1.46. The lowest BCUT2D eigenvalue weighted by Gasteiger charge is -2.11. The van der Waals surface area contributed by atoms with E-state index in [9.17, 15) is 9.59 Å². The van der Waals surface area contributed by atoms with E-state index in [-0.39, 0.29) is 12.0 Å². The van der Waals surface area contributed by atoms with Crippen LogP contribution in [0.5, 0.6) is 17.2 Å². The van der Waals surface area contributed by atoms with Gasteiger partial charge < -0.3 is 14.2 Å². The Balaban J connectivity index is 1.84. The predicted molar refractivity (Wildman–Crippen MR) is 154 cm³/mol. The minimum atomic E-state index is -1.46. The minimum Gasteiger partial charge on any atom is -0.494 e. The monoisotopic (exact) mass is 550 g/mol.